The minimum atomic E-state index is -1.38. The highest BCUT2D eigenvalue weighted by Crippen LogP contribution is 2.26. The minimum Gasteiger partial charge on any atom is -0.468 e. The lowest BCUT2D eigenvalue weighted by Gasteiger charge is -2.20. The molecule has 0 bridgehead atoms. The monoisotopic (exact) mass is 314 g/mol. The summed E-state index contributed by atoms with van der Waals surface area (Å²) in [6.45, 7) is -0.336. The van der Waals surface area contributed by atoms with Gasteiger partial charge in [0.2, 0.25) is 5.91 Å². The molecule has 1 atom stereocenters. The van der Waals surface area contributed by atoms with Crippen molar-refractivity contribution in [3.05, 3.63) is 0 Å². The smallest absolute Gasteiger partial charge is 0.323 e. The fourth-order valence-corrected chi connectivity index (χ4v) is 2.41. The van der Waals surface area contributed by atoms with E-state index in [1.165, 1.54) is 6.42 Å². The van der Waals surface area contributed by atoms with E-state index in [1.54, 1.807) is 0 Å². The van der Waals surface area contributed by atoms with E-state index in [-0.39, 0.29) is 12.7 Å². The zero-order valence-electron chi connectivity index (χ0n) is 12.6. The number of hydrogen-bond donors (Lipinski definition) is 2. The number of nitrogens with one attached hydrogen (secondary N) is 1. The largest absolute Gasteiger partial charge is 0.468 e. The van der Waals surface area contributed by atoms with Gasteiger partial charge in [-0.05, 0) is 18.8 Å². The summed E-state index contributed by atoms with van der Waals surface area (Å²) in [5.41, 5.74) is 0. The van der Waals surface area contributed by atoms with Gasteiger partial charge < -0.3 is 20.0 Å². The van der Waals surface area contributed by atoms with E-state index < -0.39 is 17.8 Å². The highest BCUT2D eigenvalue weighted by molar-refractivity contribution is 6.10. The molecule has 0 spiro atoms. The topological polar surface area (TPSA) is 114 Å². The molecule has 0 aromatic rings. The van der Waals surface area contributed by atoms with E-state index in [0.29, 0.717) is 12.3 Å². The second kappa shape index (κ2) is 9.75. The first-order chi connectivity index (χ1) is 10.6. The average Bonchev–Trinajstić information content (AvgIpc) is 2.52. The first kappa shape index (κ1) is 17.9. The molecule has 1 aliphatic carbocycles. The molecule has 0 aromatic carbocycles. The number of amides is 1. The number of nitrogens with zero attached hydrogens (tertiary/aromatic N) is 1. The quantitative estimate of drug-likeness (QED) is 0.180. The highest BCUT2D eigenvalue weighted by Gasteiger charge is 2.26. The highest BCUT2D eigenvalue weighted by atomic mass is 16.5. The number of carbonyl (C=O) groups excluding carboxylic acids is 3. The molecule has 2 N–H and O–H groups in total. The third-order valence-electron chi connectivity index (χ3n) is 3.61. The molecule has 0 aliphatic heterocycles. The zero-order chi connectivity index (χ0) is 16.4. The maximum Gasteiger partial charge on any atom is 0.323 e. The predicted octanol–water partition coefficient (Wildman–Crippen LogP) is 0.823. The Morgan fingerprint density at radius 1 is 1.32 bits per heavy atom. The van der Waals surface area contributed by atoms with E-state index in [1.807, 2.05) is 0 Å². The number of esters is 2. The Morgan fingerprint density at radius 3 is 2.59 bits per heavy atom. The molecule has 1 aliphatic rings. The molecule has 8 nitrogen and oxygen atoms in total. The van der Waals surface area contributed by atoms with Crippen molar-refractivity contribution in [2.24, 2.45) is 17.0 Å². The summed E-state index contributed by atoms with van der Waals surface area (Å²) >= 11 is 0. The molecule has 1 unspecified atom stereocenters. The van der Waals surface area contributed by atoms with E-state index in [0.717, 1.165) is 39.0 Å². The van der Waals surface area contributed by atoms with Gasteiger partial charge in [0.25, 0.3) is 0 Å². The van der Waals surface area contributed by atoms with Crippen LogP contribution in [0.4, 0.5) is 0 Å². The van der Waals surface area contributed by atoms with Crippen LogP contribution >= 0.6 is 0 Å². The fourth-order valence-electron chi connectivity index (χ4n) is 2.41. The predicted molar refractivity (Wildman–Crippen MR) is 76.1 cm³/mol. The standard InChI is InChI=1S/C14H22N2O6/c1-21-14(19)11(8-16-20)13(18)15-9-22-12(17)7-10-5-3-2-4-6-10/h8,10-11,20H,2-7,9H2,1H3,(H,15,18)/b16-8+. The summed E-state index contributed by atoms with van der Waals surface area (Å²) in [5, 5.41) is 13.3. The molecular formula is C14H22N2O6. The van der Waals surface area contributed by atoms with Crippen LogP contribution < -0.4 is 5.32 Å². The molecule has 8 heteroatoms. The van der Waals surface area contributed by atoms with Crippen molar-refractivity contribution in [3.8, 4) is 0 Å². The third-order valence-corrected chi connectivity index (χ3v) is 3.61. The van der Waals surface area contributed by atoms with Gasteiger partial charge >= 0.3 is 11.9 Å². The van der Waals surface area contributed by atoms with E-state index in [9.17, 15) is 14.4 Å². The molecule has 0 saturated heterocycles. The molecule has 22 heavy (non-hydrogen) atoms. The SMILES string of the molecule is COC(=O)C(/C=N/O)C(=O)NCOC(=O)CC1CCCCC1. The number of hydrogen-bond acceptors (Lipinski definition) is 7. The summed E-state index contributed by atoms with van der Waals surface area (Å²) in [6.07, 6.45) is 6.62. The zero-order valence-corrected chi connectivity index (χ0v) is 12.6. The Morgan fingerprint density at radius 2 is 2.00 bits per heavy atom. The van der Waals surface area contributed by atoms with Crippen LogP contribution in [-0.2, 0) is 23.9 Å². The molecular weight excluding hydrogens is 292 g/mol. The second-order valence-corrected chi connectivity index (χ2v) is 5.18. The summed E-state index contributed by atoms with van der Waals surface area (Å²) in [7, 11) is 1.11. The maximum atomic E-state index is 11.7. The van der Waals surface area contributed by atoms with Gasteiger partial charge in [-0.25, -0.2) is 0 Å². The molecule has 1 fully saturated rings. The van der Waals surface area contributed by atoms with Gasteiger partial charge in [0, 0.05) is 6.42 Å². The van der Waals surface area contributed by atoms with Crippen LogP contribution in [0.2, 0.25) is 0 Å². The van der Waals surface area contributed by atoms with Crippen LogP contribution in [0, 0.1) is 11.8 Å². The van der Waals surface area contributed by atoms with Crippen molar-refractivity contribution in [1.82, 2.24) is 5.32 Å². The first-order valence-electron chi connectivity index (χ1n) is 7.27. The van der Waals surface area contributed by atoms with Gasteiger partial charge in [0.05, 0.1) is 13.3 Å². The van der Waals surface area contributed by atoms with Crippen LogP contribution in [0.5, 0.6) is 0 Å². The number of rotatable bonds is 7. The van der Waals surface area contributed by atoms with E-state index in [4.69, 9.17) is 9.94 Å². The fraction of sp³-hybridized carbons (Fsp3) is 0.714. The molecule has 0 heterocycles. The minimum absolute atomic E-state index is 0.336. The molecule has 0 aromatic heterocycles. The van der Waals surface area contributed by atoms with Crippen molar-refractivity contribution < 1.29 is 29.1 Å². The molecule has 1 saturated carbocycles. The van der Waals surface area contributed by atoms with Crippen molar-refractivity contribution in [2.75, 3.05) is 13.8 Å². The average molecular weight is 314 g/mol. The Bertz CT molecular complexity index is 418. The van der Waals surface area contributed by atoms with Crippen LogP contribution in [0.1, 0.15) is 38.5 Å². The van der Waals surface area contributed by atoms with Gasteiger partial charge in [-0.3, -0.25) is 14.4 Å². The number of methoxy groups -OCH3 is 1. The Kier molecular flexibility index (Phi) is 7.95. The Balaban J connectivity index is 2.30. The second-order valence-electron chi connectivity index (χ2n) is 5.18. The van der Waals surface area contributed by atoms with Crippen molar-refractivity contribution >= 4 is 24.1 Å². The van der Waals surface area contributed by atoms with Crippen LogP contribution in [0.25, 0.3) is 0 Å². The Labute approximate surface area is 128 Å². The van der Waals surface area contributed by atoms with Crippen molar-refractivity contribution in [3.63, 3.8) is 0 Å². The van der Waals surface area contributed by atoms with Crippen LogP contribution in [-0.4, -0.2) is 43.1 Å². The number of oxime groups is 1. The maximum absolute atomic E-state index is 11.7. The lowest BCUT2D eigenvalue weighted by molar-refractivity contribution is -0.149. The summed E-state index contributed by atoms with van der Waals surface area (Å²) in [6, 6.07) is 0. The van der Waals surface area contributed by atoms with Crippen molar-refractivity contribution in [2.45, 2.75) is 38.5 Å². The molecule has 1 rings (SSSR count). The summed E-state index contributed by atoms with van der Waals surface area (Å²) in [4.78, 5) is 34.7. The lowest BCUT2D eigenvalue weighted by Crippen LogP contribution is -2.38. The van der Waals surface area contributed by atoms with Gasteiger partial charge in [-0.1, -0.05) is 19.3 Å². The van der Waals surface area contributed by atoms with Gasteiger partial charge in [0.15, 0.2) is 12.6 Å². The van der Waals surface area contributed by atoms with E-state index in [2.05, 4.69) is 15.2 Å². The summed E-state index contributed by atoms with van der Waals surface area (Å²) < 4.78 is 9.33. The van der Waals surface area contributed by atoms with Crippen LogP contribution in [0.3, 0.4) is 0 Å². The first-order valence-corrected chi connectivity index (χ1v) is 7.27. The molecule has 0 radical (unpaired) electrons. The van der Waals surface area contributed by atoms with Crippen molar-refractivity contribution in [1.29, 1.82) is 0 Å². The Hall–Kier alpha value is -2.12. The van der Waals surface area contributed by atoms with Gasteiger partial charge in [-0.2, -0.15) is 0 Å². The summed E-state index contributed by atoms with van der Waals surface area (Å²) in [5.74, 6) is -3.05. The number of ether oxygens (including phenoxy) is 2. The van der Waals surface area contributed by atoms with Gasteiger partial charge in [0.1, 0.15) is 0 Å². The molecule has 124 valence electrons. The lowest BCUT2D eigenvalue weighted by atomic mass is 9.87. The normalized spacial score (nSPS) is 17.0. The third kappa shape index (κ3) is 6.11. The van der Waals surface area contributed by atoms with E-state index >= 15 is 0 Å². The molecule has 1 amide bonds. The number of carbonyl (C=O) groups is 3. The van der Waals surface area contributed by atoms with Crippen LogP contribution in [0.15, 0.2) is 5.16 Å². The van der Waals surface area contributed by atoms with Gasteiger partial charge in [-0.15, -0.1) is 5.16 Å².